The Labute approximate surface area is 139 Å². The van der Waals surface area contributed by atoms with Crippen molar-refractivity contribution in [2.75, 3.05) is 25.6 Å². The van der Waals surface area contributed by atoms with E-state index in [1.165, 1.54) is 0 Å². The predicted molar refractivity (Wildman–Crippen MR) is 94.1 cm³/mol. The fourth-order valence-corrected chi connectivity index (χ4v) is 2.84. The van der Waals surface area contributed by atoms with Crippen LogP contribution in [0.4, 0.5) is 5.82 Å². The molecule has 0 radical (unpaired) electrons. The zero-order chi connectivity index (χ0) is 16.4. The third-order valence-electron chi connectivity index (χ3n) is 3.95. The number of pyridine rings is 1. The molecule has 6 heteroatoms. The molecular formula is C18H17N5O. The van der Waals surface area contributed by atoms with E-state index in [0.29, 0.717) is 13.2 Å². The zero-order valence-electron chi connectivity index (χ0n) is 13.3. The Balaban J connectivity index is 1.85. The minimum absolute atomic E-state index is 0.616. The fourth-order valence-electron chi connectivity index (χ4n) is 2.84. The van der Waals surface area contributed by atoms with Crippen LogP contribution in [-0.2, 0) is 4.74 Å². The zero-order valence-corrected chi connectivity index (χ0v) is 13.3. The molecule has 1 aromatic carbocycles. The minimum atomic E-state index is 0.616. The van der Waals surface area contributed by atoms with Gasteiger partial charge in [-0.2, -0.15) is 0 Å². The highest BCUT2D eigenvalue weighted by Crippen LogP contribution is 2.29. The number of benzene rings is 1. The SMILES string of the molecule is COCCNc1ncc(-c2cccc3ncccc23)n2ccnc12. The molecule has 0 fully saturated rings. The molecular weight excluding hydrogens is 302 g/mol. The van der Waals surface area contributed by atoms with Gasteiger partial charge in [-0.05, 0) is 12.1 Å². The van der Waals surface area contributed by atoms with Crippen molar-refractivity contribution >= 4 is 22.4 Å². The van der Waals surface area contributed by atoms with Crippen LogP contribution >= 0.6 is 0 Å². The molecule has 0 aliphatic carbocycles. The highest BCUT2D eigenvalue weighted by Gasteiger charge is 2.12. The van der Waals surface area contributed by atoms with Crippen molar-refractivity contribution in [3.63, 3.8) is 0 Å². The number of hydrogen-bond donors (Lipinski definition) is 1. The van der Waals surface area contributed by atoms with E-state index in [0.717, 1.165) is 33.6 Å². The second kappa shape index (κ2) is 6.25. The summed E-state index contributed by atoms with van der Waals surface area (Å²) < 4.78 is 7.12. The van der Waals surface area contributed by atoms with Crippen LogP contribution in [0.1, 0.15) is 0 Å². The van der Waals surface area contributed by atoms with Crippen molar-refractivity contribution < 1.29 is 4.74 Å². The van der Waals surface area contributed by atoms with Crippen LogP contribution in [0.5, 0.6) is 0 Å². The molecule has 0 atom stereocenters. The van der Waals surface area contributed by atoms with Crippen LogP contribution in [0.15, 0.2) is 55.1 Å². The normalized spacial score (nSPS) is 11.2. The Kier molecular flexibility index (Phi) is 3.80. The molecule has 0 amide bonds. The molecule has 3 heterocycles. The van der Waals surface area contributed by atoms with Crippen molar-refractivity contribution in [1.82, 2.24) is 19.4 Å². The van der Waals surface area contributed by atoms with Crippen molar-refractivity contribution in [2.45, 2.75) is 0 Å². The predicted octanol–water partition coefficient (Wildman–Crippen LogP) is 3.00. The molecule has 1 N–H and O–H groups in total. The first kappa shape index (κ1) is 14.6. The van der Waals surface area contributed by atoms with Gasteiger partial charge in [0.15, 0.2) is 11.5 Å². The molecule has 0 aliphatic rings. The number of imidazole rings is 1. The fraction of sp³-hybridized carbons (Fsp3) is 0.167. The Morgan fingerprint density at radius 3 is 2.96 bits per heavy atom. The number of nitrogens with zero attached hydrogens (tertiary/aromatic N) is 4. The van der Waals surface area contributed by atoms with E-state index in [-0.39, 0.29) is 0 Å². The Morgan fingerprint density at radius 1 is 1.08 bits per heavy atom. The molecule has 120 valence electrons. The second-order valence-electron chi connectivity index (χ2n) is 5.41. The van der Waals surface area contributed by atoms with Gasteiger partial charge >= 0.3 is 0 Å². The van der Waals surface area contributed by atoms with E-state index in [4.69, 9.17) is 4.74 Å². The number of aromatic nitrogens is 4. The lowest BCUT2D eigenvalue weighted by Crippen LogP contribution is -2.10. The lowest BCUT2D eigenvalue weighted by molar-refractivity contribution is 0.210. The third-order valence-corrected chi connectivity index (χ3v) is 3.95. The molecule has 6 nitrogen and oxygen atoms in total. The van der Waals surface area contributed by atoms with Gasteiger partial charge in [-0.1, -0.05) is 18.2 Å². The van der Waals surface area contributed by atoms with Gasteiger partial charge in [-0.25, -0.2) is 9.97 Å². The monoisotopic (exact) mass is 319 g/mol. The van der Waals surface area contributed by atoms with E-state index < -0.39 is 0 Å². The summed E-state index contributed by atoms with van der Waals surface area (Å²) in [5.41, 5.74) is 3.83. The van der Waals surface area contributed by atoms with Gasteiger partial charge in [0.25, 0.3) is 0 Å². The number of nitrogens with one attached hydrogen (secondary N) is 1. The van der Waals surface area contributed by atoms with Crippen LogP contribution in [0.2, 0.25) is 0 Å². The number of anilines is 1. The second-order valence-corrected chi connectivity index (χ2v) is 5.41. The molecule has 24 heavy (non-hydrogen) atoms. The van der Waals surface area contributed by atoms with Crippen LogP contribution in [0.3, 0.4) is 0 Å². The summed E-state index contributed by atoms with van der Waals surface area (Å²) in [6.07, 6.45) is 7.40. The van der Waals surface area contributed by atoms with E-state index in [1.807, 2.05) is 35.0 Å². The summed E-state index contributed by atoms with van der Waals surface area (Å²) in [6, 6.07) is 10.1. The van der Waals surface area contributed by atoms with Gasteiger partial charge in [-0.3, -0.25) is 9.38 Å². The van der Waals surface area contributed by atoms with Gasteiger partial charge in [0, 0.05) is 43.2 Å². The Morgan fingerprint density at radius 2 is 2.04 bits per heavy atom. The molecule has 0 saturated carbocycles. The standard InChI is InChI=1S/C18H17N5O/c1-24-11-9-20-17-18-21-8-10-23(18)16(12-22-17)14-4-2-6-15-13(14)5-3-7-19-15/h2-8,10,12H,9,11H2,1H3,(H,20,22). The Hall–Kier alpha value is -2.99. The maximum atomic E-state index is 5.07. The molecule has 0 unspecified atom stereocenters. The van der Waals surface area contributed by atoms with Crippen molar-refractivity contribution in [3.05, 3.63) is 55.1 Å². The van der Waals surface area contributed by atoms with Crippen LogP contribution in [-0.4, -0.2) is 39.6 Å². The highest BCUT2D eigenvalue weighted by atomic mass is 16.5. The van der Waals surface area contributed by atoms with Crippen LogP contribution in [0.25, 0.3) is 27.8 Å². The van der Waals surface area contributed by atoms with Crippen molar-refractivity contribution in [3.8, 4) is 11.3 Å². The van der Waals surface area contributed by atoms with Crippen molar-refractivity contribution in [2.24, 2.45) is 0 Å². The Bertz CT molecular complexity index is 990. The maximum absolute atomic E-state index is 5.07. The van der Waals surface area contributed by atoms with Gasteiger partial charge in [0.1, 0.15) is 0 Å². The lowest BCUT2D eigenvalue weighted by Gasteiger charge is -2.11. The first-order valence-electron chi connectivity index (χ1n) is 7.77. The average molecular weight is 319 g/mol. The highest BCUT2D eigenvalue weighted by molar-refractivity contribution is 5.94. The summed E-state index contributed by atoms with van der Waals surface area (Å²) >= 11 is 0. The van der Waals surface area contributed by atoms with E-state index in [1.54, 1.807) is 19.5 Å². The molecule has 4 rings (SSSR count). The minimum Gasteiger partial charge on any atom is -0.383 e. The average Bonchev–Trinajstić information content (AvgIpc) is 3.12. The van der Waals surface area contributed by atoms with Crippen LogP contribution in [0, 0.1) is 0 Å². The lowest BCUT2D eigenvalue weighted by atomic mass is 10.1. The number of hydrogen-bond acceptors (Lipinski definition) is 5. The van der Waals surface area contributed by atoms with Gasteiger partial charge in [-0.15, -0.1) is 0 Å². The molecule has 0 spiro atoms. The van der Waals surface area contributed by atoms with Crippen molar-refractivity contribution in [1.29, 1.82) is 0 Å². The topological polar surface area (TPSA) is 64.3 Å². The van der Waals surface area contributed by atoms with Gasteiger partial charge in [0.2, 0.25) is 0 Å². The number of ether oxygens (including phenoxy) is 1. The first-order valence-corrected chi connectivity index (χ1v) is 7.77. The summed E-state index contributed by atoms with van der Waals surface area (Å²) in [5, 5.41) is 4.35. The number of fused-ring (bicyclic) bond motifs is 2. The summed E-state index contributed by atoms with van der Waals surface area (Å²) in [4.78, 5) is 13.4. The van der Waals surface area contributed by atoms with E-state index in [9.17, 15) is 0 Å². The molecule has 4 aromatic rings. The van der Waals surface area contributed by atoms with Gasteiger partial charge in [0.05, 0.1) is 24.0 Å². The first-order chi connectivity index (χ1) is 11.9. The van der Waals surface area contributed by atoms with Gasteiger partial charge < -0.3 is 10.1 Å². The quantitative estimate of drug-likeness (QED) is 0.573. The molecule has 0 aliphatic heterocycles. The van der Waals surface area contributed by atoms with E-state index in [2.05, 4.69) is 32.4 Å². The summed E-state index contributed by atoms with van der Waals surface area (Å²) in [7, 11) is 1.68. The van der Waals surface area contributed by atoms with Crippen LogP contribution < -0.4 is 5.32 Å². The molecule has 0 bridgehead atoms. The molecule has 3 aromatic heterocycles. The summed E-state index contributed by atoms with van der Waals surface area (Å²) in [5.74, 6) is 0.749. The molecule has 0 saturated heterocycles. The largest absolute Gasteiger partial charge is 0.383 e. The smallest absolute Gasteiger partial charge is 0.180 e. The number of methoxy groups -OCH3 is 1. The third kappa shape index (κ3) is 2.47. The maximum Gasteiger partial charge on any atom is 0.180 e. The summed E-state index contributed by atoms with van der Waals surface area (Å²) in [6.45, 7) is 1.30. The van der Waals surface area contributed by atoms with E-state index >= 15 is 0 Å². The number of rotatable bonds is 5.